The average molecular weight is 515 g/mol. The van der Waals surface area contributed by atoms with Gasteiger partial charge in [-0.15, -0.1) is 0 Å². The summed E-state index contributed by atoms with van der Waals surface area (Å²) in [6, 6.07) is 3.60. The molecule has 0 aromatic heterocycles. The maximum Gasteiger partial charge on any atom is 0.338 e. The molecule has 8 bridgehead atoms. The molecule has 1 aromatic carbocycles. The topological polar surface area (TPSA) is 107 Å². The van der Waals surface area contributed by atoms with Crippen molar-refractivity contribution in [3.8, 4) is 0 Å². The van der Waals surface area contributed by atoms with E-state index in [9.17, 15) is 22.6 Å². The molecule has 194 valence electrons. The van der Waals surface area contributed by atoms with Crippen LogP contribution in [0.15, 0.2) is 23.1 Å². The van der Waals surface area contributed by atoms with Crippen molar-refractivity contribution in [1.29, 1.82) is 0 Å². The third-order valence-corrected chi connectivity index (χ3v) is 11.1. The van der Waals surface area contributed by atoms with Gasteiger partial charge in [0.1, 0.15) is 11.2 Å². The molecule has 36 heavy (non-hydrogen) atoms. The second-order valence-corrected chi connectivity index (χ2v) is 14.6. The summed E-state index contributed by atoms with van der Waals surface area (Å²) in [6.07, 6.45) is 12.3. The van der Waals surface area contributed by atoms with E-state index in [1.54, 1.807) is 0 Å². The lowest BCUT2D eigenvalue weighted by Gasteiger charge is -2.55. The highest BCUT2D eigenvalue weighted by atomic mass is 32.2. The van der Waals surface area contributed by atoms with E-state index < -0.39 is 38.2 Å². The highest BCUT2D eigenvalue weighted by Crippen LogP contribution is 2.58. The van der Waals surface area contributed by atoms with Gasteiger partial charge < -0.3 is 9.47 Å². The number of hydrogen-bond acceptors (Lipinski definition) is 6. The van der Waals surface area contributed by atoms with E-state index >= 15 is 0 Å². The average Bonchev–Trinajstić information content (AvgIpc) is 2.75. The second-order valence-electron chi connectivity index (χ2n) is 13.2. The first-order chi connectivity index (χ1) is 17.1. The smallest absolute Gasteiger partial charge is 0.338 e. The summed E-state index contributed by atoms with van der Waals surface area (Å²) >= 11 is 0. The zero-order valence-electron chi connectivity index (χ0n) is 20.5. The zero-order valence-corrected chi connectivity index (χ0v) is 21.3. The Labute approximate surface area is 212 Å². The van der Waals surface area contributed by atoms with Crippen molar-refractivity contribution in [1.82, 2.24) is 0 Å². The molecule has 0 unspecified atom stereocenters. The van der Waals surface area contributed by atoms with Crippen LogP contribution in [0.1, 0.15) is 97.8 Å². The van der Waals surface area contributed by atoms with Gasteiger partial charge in [0.15, 0.2) is 0 Å². The lowest BCUT2D eigenvalue weighted by molar-refractivity contribution is -0.131. The molecule has 8 heteroatoms. The van der Waals surface area contributed by atoms with E-state index in [1.807, 2.05) is 0 Å². The Bertz CT molecular complexity index is 1090. The Balaban J connectivity index is 1.16. The fraction of sp³-hybridized carbons (Fsp3) is 0.714. The molecule has 8 fully saturated rings. The number of ether oxygens (including phenoxy) is 2. The van der Waals surface area contributed by atoms with E-state index in [-0.39, 0.29) is 11.1 Å². The fourth-order valence-corrected chi connectivity index (χ4v) is 10.4. The second kappa shape index (κ2) is 7.79. The minimum Gasteiger partial charge on any atom is -0.455 e. The normalized spacial score (nSPS) is 41.9. The molecule has 0 radical (unpaired) electrons. The molecular formula is C28H34O7S. The van der Waals surface area contributed by atoms with Crippen molar-refractivity contribution >= 4 is 22.1 Å². The summed E-state index contributed by atoms with van der Waals surface area (Å²) in [5.74, 6) is 2.23. The van der Waals surface area contributed by atoms with Gasteiger partial charge >= 0.3 is 11.9 Å². The van der Waals surface area contributed by atoms with E-state index in [4.69, 9.17) is 9.47 Å². The molecule has 0 aliphatic heterocycles. The SMILES string of the molecule is O=C(OC12CC3CC(CC(C3)C1)C2)c1cc(C(=O)OC23CC4CC(CC(C4)C2)C3)cc(S(=O)(=O)O)c1. The molecule has 1 N–H and O–H groups in total. The van der Waals surface area contributed by atoms with Crippen molar-refractivity contribution in [2.45, 2.75) is 93.1 Å². The highest BCUT2D eigenvalue weighted by molar-refractivity contribution is 7.85. The quantitative estimate of drug-likeness (QED) is 0.426. The van der Waals surface area contributed by atoms with Gasteiger partial charge in [0, 0.05) is 0 Å². The van der Waals surface area contributed by atoms with Crippen molar-refractivity contribution in [3.63, 3.8) is 0 Å². The van der Waals surface area contributed by atoms with Gasteiger partial charge in [-0.25, -0.2) is 9.59 Å². The summed E-state index contributed by atoms with van der Waals surface area (Å²) in [6.45, 7) is 0. The number of hydrogen-bond donors (Lipinski definition) is 1. The van der Waals surface area contributed by atoms with E-state index in [0.717, 1.165) is 50.7 Å². The van der Waals surface area contributed by atoms with Gasteiger partial charge in [-0.2, -0.15) is 8.42 Å². The van der Waals surface area contributed by atoms with Gasteiger partial charge in [0.25, 0.3) is 10.1 Å². The van der Waals surface area contributed by atoms with Gasteiger partial charge in [-0.1, -0.05) is 0 Å². The molecule has 8 aliphatic rings. The summed E-state index contributed by atoms with van der Waals surface area (Å²) in [5.41, 5.74) is -1.06. The number of esters is 2. The molecule has 1 aromatic rings. The third-order valence-electron chi connectivity index (χ3n) is 10.3. The van der Waals surface area contributed by atoms with Crippen LogP contribution in [0.5, 0.6) is 0 Å². The summed E-state index contributed by atoms with van der Waals surface area (Å²) < 4.78 is 46.1. The summed E-state index contributed by atoms with van der Waals surface area (Å²) in [7, 11) is -4.64. The molecular weight excluding hydrogens is 480 g/mol. The molecule has 7 nitrogen and oxygen atoms in total. The standard InChI is InChI=1S/C28H34O7S/c29-25(34-27-10-16-1-17(11-27)3-18(2-16)12-27)22-7-23(9-24(8-22)36(31,32)33)26(30)35-28-13-19-4-20(14-28)6-21(5-19)15-28/h7-9,16-21H,1-6,10-15H2,(H,31,32,33). The van der Waals surface area contributed by atoms with Crippen molar-refractivity contribution in [2.24, 2.45) is 35.5 Å². The first-order valence-electron chi connectivity index (χ1n) is 13.6. The number of rotatable bonds is 5. The predicted molar refractivity (Wildman–Crippen MR) is 129 cm³/mol. The zero-order chi connectivity index (χ0) is 24.9. The van der Waals surface area contributed by atoms with E-state index in [2.05, 4.69) is 0 Å². The van der Waals surface area contributed by atoms with Crippen LogP contribution < -0.4 is 0 Å². The lowest BCUT2D eigenvalue weighted by atomic mass is 9.54. The largest absolute Gasteiger partial charge is 0.455 e. The van der Waals surface area contributed by atoms with Crippen molar-refractivity contribution in [2.75, 3.05) is 0 Å². The Kier molecular flexibility index (Phi) is 5.02. The molecule has 0 saturated heterocycles. The van der Waals surface area contributed by atoms with Gasteiger partial charge in [-0.3, -0.25) is 4.55 Å². The van der Waals surface area contributed by atoms with Crippen LogP contribution in [0, 0.1) is 35.5 Å². The van der Waals surface area contributed by atoms with Crippen molar-refractivity contribution < 1.29 is 32.0 Å². The van der Waals surface area contributed by atoms with Crippen LogP contribution in [0.25, 0.3) is 0 Å². The van der Waals surface area contributed by atoms with Crippen LogP contribution in [0.3, 0.4) is 0 Å². The Morgan fingerprint density at radius 3 is 1.22 bits per heavy atom. The highest BCUT2D eigenvalue weighted by Gasteiger charge is 2.54. The number of benzene rings is 1. The molecule has 0 heterocycles. The van der Waals surface area contributed by atoms with Crippen LogP contribution >= 0.6 is 0 Å². The van der Waals surface area contributed by atoms with E-state index in [1.165, 1.54) is 44.6 Å². The summed E-state index contributed by atoms with van der Waals surface area (Å²) in [4.78, 5) is 26.2. The predicted octanol–water partition coefficient (Wildman–Crippen LogP) is 5.18. The molecule has 9 rings (SSSR count). The lowest BCUT2D eigenvalue weighted by Crippen LogP contribution is -2.52. The molecule has 0 atom stereocenters. The van der Waals surface area contributed by atoms with Crippen LogP contribution in [0.4, 0.5) is 0 Å². The van der Waals surface area contributed by atoms with Crippen LogP contribution in [0.2, 0.25) is 0 Å². The molecule has 0 spiro atoms. The molecule has 0 amide bonds. The fourth-order valence-electron chi connectivity index (χ4n) is 9.81. The third kappa shape index (κ3) is 3.99. The first-order valence-corrected chi connectivity index (χ1v) is 15.1. The van der Waals surface area contributed by atoms with Gasteiger partial charge in [-0.05, 0) is 131 Å². The molecule has 8 aliphatic carbocycles. The Morgan fingerprint density at radius 1 is 0.639 bits per heavy atom. The Hall–Kier alpha value is -1.93. The van der Waals surface area contributed by atoms with Crippen LogP contribution in [-0.4, -0.2) is 36.1 Å². The minimum absolute atomic E-state index is 0.0293. The first kappa shape index (κ1) is 23.2. The number of carbonyl (C=O) groups excluding carboxylic acids is 2. The summed E-state index contributed by atoms with van der Waals surface area (Å²) in [5, 5.41) is 0. The maximum atomic E-state index is 13.3. The Morgan fingerprint density at radius 2 is 0.944 bits per heavy atom. The van der Waals surface area contributed by atoms with Gasteiger partial charge in [0.05, 0.1) is 16.0 Å². The minimum atomic E-state index is -4.64. The number of carbonyl (C=O) groups is 2. The maximum absolute atomic E-state index is 13.3. The van der Waals surface area contributed by atoms with Crippen molar-refractivity contribution in [3.05, 3.63) is 29.3 Å². The van der Waals surface area contributed by atoms with E-state index in [0.29, 0.717) is 35.5 Å². The monoisotopic (exact) mass is 514 g/mol. The van der Waals surface area contributed by atoms with Gasteiger partial charge in [0.2, 0.25) is 0 Å². The molecule has 8 saturated carbocycles. The van der Waals surface area contributed by atoms with Crippen LogP contribution in [-0.2, 0) is 19.6 Å².